The van der Waals surface area contributed by atoms with Crippen molar-refractivity contribution in [1.29, 1.82) is 0 Å². The second-order valence-corrected chi connectivity index (χ2v) is 3.10. The summed E-state index contributed by atoms with van der Waals surface area (Å²) >= 11 is 2.85. The highest BCUT2D eigenvalue weighted by Gasteiger charge is 2.18. The average Bonchev–Trinajstić information content (AvgIpc) is 2.02. The van der Waals surface area contributed by atoms with Crippen molar-refractivity contribution in [2.45, 2.75) is 13.0 Å². The lowest BCUT2D eigenvalue weighted by molar-refractivity contribution is 0.140. The summed E-state index contributed by atoms with van der Waals surface area (Å²) in [5, 5.41) is 8.71. The van der Waals surface area contributed by atoms with Gasteiger partial charge in [0, 0.05) is 16.1 Å². The van der Waals surface area contributed by atoms with Crippen LogP contribution < -0.4 is 0 Å². The molecule has 0 saturated carbocycles. The van der Waals surface area contributed by atoms with Gasteiger partial charge in [-0.15, -0.1) is 0 Å². The highest BCUT2D eigenvalue weighted by Crippen LogP contribution is 2.27. The van der Waals surface area contributed by atoms with Crippen LogP contribution in [-0.4, -0.2) is 10.1 Å². The van der Waals surface area contributed by atoms with Crippen LogP contribution in [0.2, 0.25) is 0 Å². The summed E-state index contributed by atoms with van der Waals surface area (Å²) in [6, 6.07) is 0.928. The van der Waals surface area contributed by atoms with Crippen molar-refractivity contribution in [3.63, 3.8) is 0 Å². The Labute approximate surface area is 80.5 Å². The molecule has 0 aliphatic carbocycles. The van der Waals surface area contributed by atoms with Gasteiger partial charge in [0.25, 0.3) is 6.43 Å². The summed E-state index contributed by atoms with van der Waals surface area (Å²) in [4.78, 5) is 3.00. The van der Waals surface area contributed by atoms with E-state index in [0.717, 1.165) is 6.07 Å². The summed E-state index contributed by atoms with van der Waals surface area (Å²) in [6.07, 6.45) is -2.89. The van der Waals surface area contributed by atoms with Crippen molar-refractivity contribution >= 4 is 15.9 Å². The van der Waals surface area contributed by atoms with Gasteiger partial charge in [0.1, 0.15) is 5.69 Å². The lowest BCUT2D eigenvalue weighted by Crippen LogP contribution is -2.02. The Morgan fingerprint density at radius 2 is 2.15 bits per heavy atom. The molecule has 0 saturated heterocycles. The third-order valence-electron chi connectivity index (χ3n) is 1.44. The van der Waals surface area contributed by atoms with E-state index >= 15 is 0 Å². The van der Waals surface area contributed by atoms with E-state index in [9.17, 15) is 13.2 Å². The van der Waals surface area contributed by atoms with Crippen LogP contribution in [0.4, 0.5) is 13.2 Å². The maximum absolute atomic E-state index is 12.5. The van der Waals surface area contributed by atoms with Crippen molar-refractivity contribution in [3.8, 4) is 0 Å². The molecule has 2 nitrogen and oxygen atoms in total. The zero-order valence-electron chi connectivity index (χ0n) is 6.27. The lowest BCUT2D eigenvalue weighted by Gasteiger charge is -2.07. The van der Waals surface area contributed by atoms with E-state index in [0.29, 0.717) is 0 Å². The molecule has 0 amide bonds. The van der Waals surface area contributed by atoms with Gasteiger partial charge in [-0.05, 0) is 0 Å². The molecule has 1 heterocycles. The first-order valence-corrected chi connectivity index (χ1v) is 4.09. The third-order valence-corrected chi connectivity index (χ3v) is 2.14. The number of pyridine rings is 1. The van der Waals surface area contributed by atoms with E-state index in [1.165, 1.54) is 0 Å². The maximum Gasteiger partial charge on any atom is 0.280 e. The van der Waals surface area contributed by atoms with Crippen LogP contribution in [0.3, 0.4) is 0 Å². The predicted octanol–water partition coefficient (Wildman–Crippen LogP) is 2.41. The average molecular weight is 256 g/mol. The third kappa shape index (κ3) is 2.19. The Hall–Kier alpha value is -0.620. The predicted molar refractivity (Wildman–Crippen MR) is 42.8 cm³/mol. The quantitative estimate of drug-likeness (QED) is 0.824. The minimum Gasteiger partial charge on any atom is -0.392 e. The largest absolute Gasteiger partial charge is 0.392 e. The van der Waals surface area contributed by atoms with E-state index in [2.05, 4.69) is 20.9 Å². The fourth-order valence-electron chi connectivity index (χ4n) is 0.866. The molecule has 0 aliphatic heterocycles. The number of hydrogen-bond donors (Lipinski definition) is 1. The van der Waals surface area contributed by atoms with Gasteiger partial charge in [-0.1, -0.05) is 15.9 Å². The monoisotopic (exact) mass is 255 g/mol. The molecule has 1 N–H and O–H groups in total. The summed E-state index contributed by atoms with van der Waals surface area (Å²) in [7, 11) is 0. The van der Waals surface area contributed by atoms with Gasteiger partial charge < -0.3 is 5.11 Å². The molecule has 0 bridgehead atoms. The smallest absolute Gasteiger partial charge is 0.280 e. The van der Waals surface area contributed by atoms with Crippen LogP contribution in [-0.2, 0) is 6.61 Å². The van der Waals surface area contributed by atoms with Crippen molar-refractivity contribution in [1.82, 2.24) is 4.98 Å². The van der Waals surface area contributed by atoms with E-state index in [-0.39, 0.29) is 10.0 Å². The summed E-state index contributed by atoms with van der Waals surface area (Å²) in [5.74, 6) is -1.00. The standard InChI is InChI=1S/C7H5BrF3NO/c8-4-1-5(9)12-6(7(10)11)3(4)2-13/h1,7,13H,2H2. The first kappa shape index (κ1) is 10.5. The Morgan fingerprint density at radius 3 is 2.62 bits per heavy atom. The van der Waals surface area contributed by atoms with E-state index < -0.39 is 24.7 Å². The molecule has 0 fully saturated rings. The van der Waals surface area contributed by atoms with Gasteiger partial charge in [0.15, 0.2) is 0 Å². The molecule has 0 radical (unpaired) electrons. The normalized spacial score (nSPS) is 10.9. The molecule has 1 aromatic heterocycles. The Bertz CT molecular complexity index is 319. The molecule has 0 aliphatic rings. The minimum absolute atomic E-state index is 0.0867. The lowest BCUT2D eigenvalue weighted by atomic mass is 10.2. The van der Waals surface area contributed by atoms with Crippen LogP contribution in [0.1, 0.15) is 17.7 Å². The minimum atomic E-state index is -2.89. The number of aliphatic hydroxyl groups is 1. The highest BCUT2D eigenvalue weighted by molar-refractivity contribution is 9.10. The van der Waals surface area contributed by atoms with E-state index in [1.807, 2.05) is 0 Å². The Balaban J connectivity index is 3.29. The van der Waals surface area contributed by atoms with E-state index in [4.69, 9.17) is 5.11 Å². The molecule has 0 atom stereocenters. The molecular weight excluding hydrogens is 251 g/mol. The summed E-state index contributed by atoms with van der Waals surface area (Å²) in [6.45, 7) is -0.604. The van der Waals surface area contributed by atoms with Gasteiger partial charge in [-0.3, -0.25) is 0 Å². The van der Waals surface area contributed by atoms with Crippen molar-refractivity contribution in [2.24, 2.45) is 0 Å². The SMILES string of the molecule is OCc1c(Br)cc(F)nc1C(F)F. The van der Waals surface area contributed by atoms with Gasteiger partial charge in [-0.25, -0.2) is 13.8 Å². The molecule has 13 heavy (non-hydrogen) atoms. The number of aliphatic hydroxyl groups excluding tert-OH is 1. The second kappa shape index (κ2) is 4.06. The zero-order valence-corrected chi connectivity index (χ0v) is 7.85. The molecule has 0 spiro atoms. The van der Waals surface area contributed by atoms with Crippen LogP contribution in [0, 0.1) is 5.95 Å². The number of halogens is 4. The molecule has 72 valence electrons. The van der Waals surface area contributed by atoms with Crippen LogP contribution in [0.5, 0.6) is 0 Å². The number of aromatic nitrogens is 1. The Kier molecular flexibility index (Phi) is 3.27. The van der Waals surface area contributed by atoms with Gasteiger partial charge in [-0.2, -0.15) is 4.39 Å². The first-order valence-electron chi connectivity index (χ1n) is 3.30. The zero-order chi connectivity index (χ0) is 10.0. The van der Waals surface area contributed by atoms with E-state index in [1.54, 1.807) is 0 Å². The molecule has 1 aromatic rings. The van der Waals surface area contributed by atoms with Crippen molar-refractivity contribution in [2.75, 3.05) is 0 Å². The summed E-state index contributed by atoms with van der Waals surface area (Å²) in [5.41, 5.74) is -0.814. The molecular formula is C7H5BrF3NO. The fourth-order valence-corrected chi connectivity index (χ4v) is 1.38. The second-order valence-electron chi connectivity index (χ2n) is 2.25. The molecule has 6 heteroatoms. The highest BCUT2D eigenvalue weighted by atomic mass is 79.9. The van der Waals surface area contributed by atoms with Gasteiger partial charge >= 0.3 is 0 Å². The van der Waals surface area contributed by atoms with Crippen LogP contribution in [0.15, 0.2) is 10.5 Å². The number of nitrogens with zero attached hydrogens (tertiary/aromatic N) is 1. The first-order chi connectivity index (χ1) is 6.06. The van der Waals surface area contributed by atoms with Gasteiger partial charge in [0.2, 0.25) is 5.95 Å². The molecule has 1 rings (SSSR count). The maximum atomic E-state index is 12.5. The fraction of sp³-hybridized carbons (Fsp3) is 0.286. The molecule has 0 unspecified atom stereocenters. The van der Waals surface area contributed by atoms with Crippen molar-refractivity contribution < 1.29 is 18.3 Å². The van der Waals surface area contributed by atoms with Crippen LogP contribution in [0.25, 0.3) is 0 Å². The van der Waals surface area contributed by atoms with Crippen molar-refractivity contribution in [3.05, 3.63) is 27.7 Å². The number of alkyl halides is 2. The topological polar surface area (TPSA) is 33.1 Å². The van der Waals surface area contributed by atoms with Crippen LogP contribution >= 0.6 is 15.9 Å². The summed E-state index contributed by atoms with van der Waals surface area (Å²) < 4.78 is 37.1. The Morgan fingerprint density at radius 1 is 1.54 bits per heavy atom. The number of rotatable bonds is 2. The van der Waals surface area contributed by atoms with Gasteiger partial charge in [0.05, 0.1) is 6.61 Å². The molecule has 0 aromatic carbocycles. The number of hydrogen-bond acceptors (Lipinski definition) is 2.